The molecule has 4 rings (SSSR count). The van der Waals surface area contributed by atoms with Gasteiger partial charge >= 0.3 is 5.97 Å². The third-order valence-corrected chi connectivity index (χ3v) is 5.76. The van der Waals surface area contributed by atoms with E-state index in [0.717, 1.165) is 16.7 Å². The van der Waals surface area contributed by atoms with Gasteiger partial charge in [-0.05, 0) is 54.9 Å². The fourth-order valence-electron chi connectivity index (χ4n) is 3.84. The summed E-state index contributed by atoms with van der Waals surface area (Å²) in [5.41, 5.74) is 3.91. The van der Waals surface area contributed by atoms with Crippen LogP contribution in [0.1, 0.15) is 36.6 Å². The summed E-state index contributed by atoms with van der Waals surface area (Å²) in [6.45, 7) is 4.82. The Bertz CT molecular complexity index is 1210. The summed E-state index contributed by atoms with van der Waals surface area (Å²) in [5, 5.41) is 6.68. The number of ether oxygens (including phenoxy) is 3. The molecule has 0 fully saturated rings. The van der Waals surface area contributed by atoms with Crippen molar-refractivity contribution < 1.29 is 19.0 Å². The first-order valence-corrected chi connectivity index (χ1v) is 11.9. The number of carbonyl (C=O) groups excluding carboxylic acids is 1. The van der Waals surface area contributed by atoms with Crippen LogP contribution in [0.25, 0.3) is 0 Å². The van der Waals surface area contributed by atoms with Gasteiger partial charge in [0.2, 0.25) is 0 Å². The van der Waals surface area contributed by atoms with Crippen LogP contribution in [0.3, 0.4) is 0 Å². The summed E-state index contributed by atoms with van der Waals surface area (Å²) in [6.07, 6.45) is 0. The van der Waals surface area contributed by atoms with Crippen LogP contribution in [0, 0.1) is 0 Å². The lowest BCUT2D eigenvalue weighted by Gasteiger charge is -2.30. The summed E-state index contributed by atoms with van der Waals surface area (Å²) in [5.74, 6) is 0.813. The summed E-state index contributed by atoms with van der Waals surface area (Å²) in [7, 11) is 0. The Morgan fingerprint density at radius 3 is 2.20 bits per heavy atom. The maximum absolute atomic E-state index is 13.1. The van der Waals surface area contributed by atoms with E-state index in [0.29, 0.717) is 41.1 Å². The smallest absolute Gasteiger partial charge is 0.338 e. The lowest BCUT2D eigenvalue weighted by atomic mass is 9.95. The van der Waals surface area contributed by atoms with Crippen LogP contribution in [0.5, 0.6) is 11.5 Å². The molecule has 0 saturated heterocycles. The van der Waals surface area contributed by atoms with Crippen LogP contribution in [0.4, 0.5) is 0 Å². The molecule has 2 N–H and O–H groups in total. The molecule has 0 bridgehead atoms. The zero-order valence-electron chi connectivity index (χ0n) is 19.7. The SMILES string of the molecule is CCOc1cc([C@H]2NC(=S)NC(C)=C2C(=O)OCc2ccccc2)ccc1OCc1ccccc1. The summed E-state index contributed by atoms with van der Waals surface area (Å²) < 4.78 is 17.6. The topological polar surface area (TPSA) is 68.8 Å². The molecule has 0 aromatic heterocycles. The number of nitrogens with one attached hydrogen (secondary N) is 2. The number of allylic oxidation sites excluding steroid dienone is 1. The summed E-state index contributed by atoms with van der Waals surface area (Å²) in [6, 6.07) is 24.7. The average Bonchev–Trinajstić information content (AvgIpc) is 2.87. The van der Waals surface area contributed by atoms with Gasteiger partial charge in [0.15, 0.2) is 16.6 Å². The van der Waals surface area contributed by atoms with Gasteiger partial charge in [0.1, 0.15) is 13.2 Å². The normalized spacial score (nSPS) is 15.1. The van der Waals surface area contributed by atoms with Crippen molar-refractivity contribution in [3.63, 3.8) is 0 Å². The Labute approximate surface area is 210 Å². The second-order valence-electron chi connectivity index (χ2n) is 8.05. The first kappa shape index (κ1) is 24.3. The maximum atomic E-state index is 13.1. The van der Waals surface area contributed by atoms with Crippen LogP contribution in [0.15, 0.2) is 90.1 Å². The van der Waals surface area contributed by atoms with Gasteiger partial charge in [0.25, 0.3) is 0 Å². The van der Waals surface area contributed by atoms with E-state index in [1.54, 1.807) is 0 Å². The van der Waals surface area contributed by atoms with E-state index in [4.69, 9.17) is 26.4 Å². The van der Waals surface area contributed by atoms with E-state index in [2.05, 4.69) is 10.6 Å². The Kier molecular flexibility index (Phi) is 8.00. The summed E-state index contributed by atoms with van der Waals surface area (Å²) in [4.78, 5) is 13.1. The van der Waals surface area contributed by atoms with Crippen molar-refractivity contribution in [2.24, 2.45) is 0 Å². The van der Waals surface area contributed by atoms with Crippen molar-refractivity contribution in [1.82, 2.24) is 10.6 Å². The quantitative estimate of drug-likeness (QED) is 0.317. The van der Waals surface area contributed by atoms with Crippen molar-refractivity contribution >= 4 is 23.3 Å². The van der Waals surface area contributed by atoms with Crippen LogP contribution in [-0.2, 0) is 22.7 Å². The molecule has 35 heavy (non-hydrogen) atoms. The van der Waals surface area contributed by atoms with Crippen molar-refractivity contribution in [3.8, 4) is 11.5 Å². The molecule has 0 saturated carbocycles. The molecule has 1 atom stereocenters. The molecule has 1 heterocycles. The van der Waals surface area contributed by atoms with Gasteiger partial charge in [0.05, 0.1) is 18.2 Å². The Balaban J connectivity index is 1.57. The molecular weight excluding hydrogens is 460 g/mol. The van der Waals surface area contributed by atoms with Crippen molar-refractivity contribution in [2.75, 3.05) is 6.61 Å². The Hall–Kier alpha value is -3.84. The molecule has 0 spiro atoms. The molecule has 0 aliphatic carbocycles. The number of hydrogen-bond donors (Lipinski definition) is 2. The monoisotopic (exact) mass is 488 g/mol. The third kappa shape index (κ3) is 6.19. The molecule has 6 nitrogen and oxygen atoms in total. The number of esters is 1. The number of benzene rings is 3. The van der Waals surface area contributed by atoms with E-state index in [1.165, 1.54) is 0 Å². The van der Waals surface area contributed by atoms with Gasteiger partial charge in [0, 0.05) is 5.70 Å². The van der Waals surface area contributed by atoms with Gasteiger partial charge in [-0.2, -0.15) is 0 Å². The largest absolute Gasteiger partial charge is 0.490 e. The average molecular weight is 489 g/mol. The highest BCUT2D eigenvalue weighted by Crippen LogP contribution is 2.35. The number of hydrogen-bond acceptors (Lipinski definition) is 5. The maximum Gasteiger partial charge on any atom is 0.338 e. The summed E-state index contributed by atoms with van der Waals surface area (Å²) >= 11 is 5.38. The standard InChI is InChI=1S/C28H28N2O4S/c1-3-32-24-16-22(14-15-23(24)33-17-20-10-6-4-7-11-20)26-25(19(2)29-28(35)30-26)27(31)34-18-21-12-8-5-9-13-21/h4-16,26H,3,17-18H2,1-2H3,(H2,29,30,35)/t26-/m1/s1. The minimum Gasteiger partial charge on any atom is -0.490 e. The molecule has 1 aliphatic heterocycles. The lowest BCUT2D eigenvalue weighted by molar-refractivity contribution is -0.140. The fourth-order valence-corrected chi connectivity index (χ4v) is 4.11. The van der Waals surface area contributed by atoms with Crippen molar-refractivity contribution in [2.45, 2.75) is 33.1 Å². The third-order valence-electron chi connectivity index (χ3n) is 5.54. The predicted octanol–water partition coefficient (Wildman–Crippen LogP) is 5.20. The van der Waals surface area contributed by atoms with Crippen molar-refractivity contribution in [3.05, 3.63) is 107 Å². The molecule has 3 aromatic rings. The van der Waals surface area contributed by atoms with E-state index in [-0.39, 0.29) is 6.61 Å². The van der Waals surface area contributed by atoms with Gasteiger partial charge in [-0.25, -0.2) is 4.79 Å². The van der Waals surface area contributed by atoms with Gasteiger partial charge in [-0.15, -0.1) is 0 Å². The van der Waals surface area contributed by atoms with E-state index in [9.17, 15) is 4.79 Å². The molecule has 7 heteroatoms. The number of thiocarbonyl (C=S) groups is 1. The molecule has 0 radical (unpaired) electrons. The Morgan fingerprint density at radius 1 is 0.886 bits per heavy atom. The first-order chi connectivity index (χ1) is 17.0. The van der Waals surface area contributed by atoms with Crippen LogP contribution in [-0.4, -0.2) is 17.7 Å². The number of rotatable bonds is 9. The van der Waals surface area contributed by atoms with Crippen LogP contribution < -0.4 is 20.1 Å². The minimum absolute atomic E-state index is 0.185. The fraction of sp³-hybridized carbons (Fsp3) is 0.214. The van der Waals surface area contributed by atoms with Crippen LogP contribution in [0.2, 0.25) is 0 Å². The van der Waals surface area contributed by atoms with Crippen molar-refractivity contribution in [1.29, 1.82) is 0 Å². The van der Waals surface area contributed by atoms with Gasteiger partial charge < -0.3 is 24.8 Å². The minimum atomic E-state index is -0.491. The van der Waals surface area contributed by atoms with E-state index >= 15 is 0 Å². The zero-order chi connectivity index (χ0) is 24.6. The Morgan fingerprint density at radius 2 is 1.54 bits per heavy atom. The highest BCUT2D eigenvalue weighted by atomic mass is 32.1. The second-order valence-corrected chi connectivity index (χ2v) is 8.45. The predicted molar refractivity (Wildman–Crippen MR) is 139 cm³/mol. The van der Waals surface area contributed by atoms with Gasteiger partial charge in [-0.3, -0.25) is 0 Å². The molecule has 3 aromatic carbocycles. The highest BCUT2D eigenvalue weighted by Gasteiger charge is 2.31. The highest BCUT2D eigenvalue weighted by molar-refractivity contribution is 7.80. The first-order valence-electron chi connectivity index (χ1n) is 11.5. The molecule has 1 aliphatic rings. The zero-order valence-corrected chi connectivity index (χ0v) is 20.6. The van der Waals surface area contributed by atoms with Crippen LogP contribution >= 0.6 is 12.2 Å². The van der Waals surface area contributed by atoms with Gasteiger partial charge in [-0.1, -0.05) is 66.7 Å². The molecule has 180 valence electrons. The molecule has 0 unspecified atom stereocenters. The molecular formula is C28H28N2O4S. The van der Waals surface area contributed by atoms with E-state index < -0.39 is 12.0 Å². The second kappa shape index (κ2) is 11.5. The lowest BCUT2D eigenvalue weighted by Crippen LogP contribution is -2.45. The number of carbonyl (C=O) groups is 1. The van der Waals surface area contributed by atoms with E-state index in [1.807, 2.05) is 92.7 Å². The molecule has 0 amide bonds.